The quantitative estimate of drug-likeness (QED) is 0.730. The number of aromatic nitrogens is 2. The van der Waals surface area contributed by atoms with Crippen LogP contribution in [0.15, 0.2) is 59.5 Å². The van der Waals surface area contributed by atoms with E-state index in [1.54, 1.807) is 36.8 Å². The molecule has 0 spiro atoms. The minimum Gasteiger partial charge on any atom is -0.451 e. The Kier molecular flexibility index (Phi) is 4.09. The van der Waals surface area contributed by atoms with Crippen LogP contribution in [0.2, 0.25) is 0 Å². The molecule has 128 valence electrons. The van der Waals surface area contributed by atoms with Gasteiger partial charge in [-0.2, -0.15) is 0 Å². The van der Waals surface area contributed by atoms with E-state index in [-0.39, 0.29) is 17.8 Å². The molecule has 2 aromatic heterocycles. The summed E-state index contributed by atoms with van der Waals surface area (Å²) < 4.78 is 20.8. The van der Waals surface area contributed by atoms with Crippen LogP contribution in [0, 0.1) is 5.82 Å². The van der Waals surface area contributed by atoms with Crippen molar-refractivity contribution in [1.82, 2.24) is 14.5 Å². The molecule has 25 heavy (non-hydrogen) atoms. The van der Waals surface area contributed by atoms with Gasteiger partial charge in [0.2, 0.25) is 0 Å². The number of amides is 1. The van der Waals surface area contributed by atoms with Crippen molar-refractivity contribution < 1.29 is 13.6 Å². The van der Waals surface area contributed by atoms with Crippen molar-refractivity contribution in [2.45, 2.75) is 18.9 Å². The number of likely N-dealkylation sites (tertiary alicyclic amines) is 1. The molecule has 0 bridgehead atoms. The van der Waals surface area contributed by atoms with E-state index < -0.39 is 0 Å². The molecule has 1 amide bonds. The number of nitrogens with zero attached hydrogens (tertiary/aromatic N) is 3. The van der Waals surface area contributed by atoms with Gasteiger partial charge in [-0.25, -0.2) is 9.37 Å². The van der Waals surface area contributed by atoms with Gasteiger partial charge in [0.1, 0.15) is 11.6 Å². The lowest BCUT2D eigenvalue weighted by atomic mass is 10.1. The lowest BCUT2D eigenvalue weighted by molar-refractivity contribution is 0.0648. The third-order valence-electron chi connectivity index (χ3n) is 4.58. The van der Waals surface area contributed by atoms with Crippen LogP contribution in [0.5, 0.6) is 0 Å². The molecule has 1 saturated heterocycles. The van der Waals surface area contributed by atoms with Crippen molar-refractivity contribution in [1.29, 1.82) is 0 Å². The van der Waals surface area contributed by atoms with Gasteiger partial charge in [0.05, 0.1) is 12.4 Å². The number of piperidine rings is 1. The van der Waals surface area contributed by atoms with E-state index in [2.05, 4.69) is 4.98 Å². The summed E-state index contributed by atoms with van der Waals surface area (Å²) >= 11 is 0. The maximum Gasteiger partial charge on any atom is 0.289 e. The Morgan fingerprint density at radius 1 is 1.20 bits per heavy atom. The molecule has 3 aromatic rings. The van der Waals surface area contributed by atoms with E-state index in [9.17, 15) is 9.18 Å². The summed E-state index contributed by atoms with van der Waals surface area (Å²) in [6.45, 7) is 1.36. The van der Waals surface area contributed by atoms with E-state index in [1.165, 1.54) is 12.1 Å². The number of furan rings is 1. The van der Waals surface area contributed by atoms with Crippen molar-refractivity contribution in [2.24, 2.45) is 0 Å². The molecule has 0 saturated carbocycles. The summed E-state index contributed by atoms with van der Waals surface area (Å²) in [6.07, 6.45) is 7.44. The SMILES string of the molecule is O=C(c1ccc(-c2ccc(F)cc2)o1)N1CCC[C@H](n2ccnc2)C1. The van der Waals surface area contributed by atoms with E-state index in [0.29, 0.717) is 18.1 Å². The summed E-state index contributed by atoms with van der Waals surface area (Å²) in [5, 5.41) is 0. The van der Waals surface area contributed by atoms with Crippen LogP contribution < -0.4 is 0 Å². The number of hydrogen-bond acceptors (Lipinski definition) is 3. The molecule has 1 aliphatic heterocycles. The van der Waals surface area contributed by atoms with Gasteiger partial charge < -0.3 is 13.9 Å². The van der Waals surface area contributed by atoms with Gasteiger partial charge >= 0.3 is 0 Å². The van der Waals surface area contributed by atoms with Gasteiger partial charge in [0.15, 0.2) is 5.76 Å². The second-order valence-corrected chi connectivity index (χ2v) is 6.23. The van der Waals surface area contributed by atoms with Crippen LogP contribution in [-0.2, 0) is 0 Å². The first kappa shape index (κ1) is 15.6. The van der Waals surface area contributed by atoms with Crippen LogP contribution in [0.3, 0.4) is 0 Å². The molecule has 0 aliphatic carbocycles. The topological polar surface area (TPSA) is 51.3 Å². The largest absolute Gasteiger partial charge is 0.451 e. The van der Waals surface area contributed by atoms with E-state index >= 15 is 0 Å². The first-order valence-corrected chi connectivity index (χ1v) is 8.33. The number of hydrogen-bond donors (Lipinski definition) is 0. The fourth-order valence-corrected chi connectivity index (χ4v) is 3.25. The zero-order chi connectivity index (χ0) is 17.2. The summed E-state index contributed by atoms with van der Waals surface area (Å²) in [7, 11) is 0. The average Bonchev–Trinajstić information content (AvgIpc) is 3.34. The highest BCUT2D eigenvalue weighted by Gasteiger charge is 2.27. The molecule has 1 fully saturated rings. The van der Waals surface area contributed by atoms with Crippen LogP contribution in [0.4, 0.5) is 4.39 Å². The van der Waals surface area contributed by atoms with Crippen molar-refractivity contribution in [3.8, 4) is 11.3 Å². The van der Waals surface area contributed by atoms with Gasteiger partial charge in [-0.1, -0.05) is 0 Å². The number of rotatable bonds is 3. The number of carbonyl (C=O) groups excluding carboxylic acids is 1. The van der Waals surface area contributed by atoms with Gasteiger partial charge in [0.25, 0.3) is 5.91 Å². The summed E-state index contributed by atoms with van der Waals surface area (Å²) in [5.74, 6) is 0.459. The van der Waals surface area contributed by atoms with E-state index in [0.717, 1.165) is 24.9 Å². The Bertz CT molecular complexity index is 855. The third-order valence-corrected chi connectivity index (χ3v) is 4.58. The molecule has 1 aliphatic rings. The zero-order valence-corrected chi connectivity index (χ0v) is 13.6. The minimum absolute atomic E-state index is 0.113. The number of benzene rings is 1. The Morgan fingerprint density at radius 2 is 2.04 bits per heavy atom. The van der Waals surface area contributed by atoms with Gasteiger partial charge in [0, 0.05) is 31.0 Å². The first-order valence-electron chi connectivity index (χ1n) is 8.33. The summed E-state index contributed by atoms with van der Waals surface area (Å²) in [4.78, 5) is 18.7. The Hall–Kier alpha value is -2.89. The Labute approximate surface area is 144 Å². The van der Waals surface area contributed by atoms with Gasteiger partial charge in [-0.3, -0.25) is 4.79 Å². The molecule has 1 aromatic carbocycles. The molecule has 0 N–H and O–H groups in total. The highest BCUT2D eigenvalue weighted by Crippen LogP contribution is 2.26. The number of imidazole rings is 1. The van der Waals surface area contributed by atoms with Crippen molar-refractivity contribution >= 4 is 5.91 Å². The highest BCUT2D eigenvalue weighted by molar-refractivity contribution is 5.92. The number of carbonyl (C=O) groups is 1. The molecule has 4 rings (SSSR count). The molecular weight excluding hydrogens is 321 g/mol. The predicted octanol–water partition coefficient (Wildman–Crippen LogP) is 3.76. The van der Waals surface area contributed by atoms with Gasteiger partial charge in [-0.05, 0) is 49.2 Å². The van der Waals surface area contributed by atoms with Gasteiger partial charge in [-0.15, -0.1) is 0 Å². The van der Waals surface area contributed by atoms with Crippen LogP contribution in [-0.4, -0.2) is 33.4 Å². The maximum atomic E-state index is 13.0. The number of halogens is 1. The molecular formula is C19H18FN3O2. The Morgan fingerprint density at radius 3 is 2.80 bits per heavy atom. The monoisotopic (exact) mass is 339 g/mol. The standard InChI is InChI=1S/C19H18FN3O2/c20-15-5-3-14(4-6-15)17-7-8-18(25-17)19(24)22-10-1-2-16(12-22)23-11-9-21-13-23/h3-9,11,13,16H,1-2,10,12H2/t16-/m0/s1. The van der Waals surface area contributed by atoms with Crippen LogP contribution in [0.1, 0.15) is 29.4 Å². The maximum absolute atomic E-state index is 13.0. The van der Waals surface area contributed by atoms with E-state index in [4.69, 9.17) is 4.42 Å². The second-order valence-electron chi connectivity index (χ2n) is 6.23. The average molecular weight is 339 g/mol. The van der Waals surface area contributed by atoms with Crippen molar-refractivity contribution in [3.63, 3.8) is 0 Å². The lowest BCUT2D eigenvalue weighted by Gasteiger charge is -2.32. The summed E-state index contributed by atoms with van der Waals surface area (Å²) in [6, 6.07) is 9.70. The summed E-state index contributed by atoms with van der Waals surface area (Å²) in [5.41, 5.74) is 0.746. The lowest BCUT2D eigenvalue weighted by Crippen LogP contribution is -2.40. The van der Waals surface area contributed by atoms with E-state index in [1.807, 2.05) is 15.7 Å². The van der Waals surface area contributed by atoms with Crippen LogP contribution >= 0.6 is 0 Å². The van der Waals surface area contributed by atoms with Crippen molar-refractivity contribution in [3.05, 3.63) is 66.7 Å². The third kappa shape index (κ3) is 3.20. The first-order chi connectivity index (χ1) is 12.2. The van der Waals surface area contributed by atoms with Crippen molar-refractivity contribution in [2.75, 3.05) is 13.1 Å². The fourth-order valence-electron chi connectivity index (χ4n) is 3.25. The smallest absolute Gasteiger partial charge is 0.289 e. The Balaban J connectivity index is 1.50. The second kappa shape index (κ2) is 6.55. The van der Waals surface area contributed by atoms with Crippen LogP contribution in [0.25, 0.3) is 11.3 Å². The fraction of sp³-hybridized carbons (Fsp3) is 0.263. The molecule has 6 heteroatoms. The molecule has 5 nitrogen and oxygen atoms in total. The molecule has 0 radical (unpaired) electrons. The highest BCUT2D eigenvalue weighted by atomic mass is 19.1. The molecule has 3 heterocycles. The zero-order valence-electron chi connectivity index (χ0n) is 13.6. The predicted molar refractivity (Wildman–Crippen MR) is 90.5 cm³/mol. The normalized spacial score (nSPS) is 17.6. The molecule has 1 atom stereocenters. The minimum atomic E-state index is -0.300. The molecule has 0 unspecified atom stereocenters.